The normalized spacial score (nSPS) is 13.2. The number of aryl methyl sites for hydroxylation is 1. The van der Waals surface area contributed by atoms with Crippen LogP contribution in [0.25, 0.3) is 0 Å². The smallest absolute Gasteiger partial charge is 0.126 e. The predicted octanol–water partition coefficient (Wildman–Crippen LogP) is 4.06. The second-order valence-corrected chi connectivity index (χ2v) is 5.98. The average Bonchev–Trinajstić information content (AvgIpc) is 2.28. The van der Waals surface area contributed by atoms with E-state index in [2.05, 4.69) is 32.6 Å². The minimum absolute atomic E-state index is 0.257. The van der Waals surface area contributed by atoms with Crippen LogP contribution in [0.5, 0.6) is 0 Å². The molecule has 0 radical (unpaired) electrons. The first kappa shape index (κ1) is 16.0. The Bertz CT molecular complexity index is 427. The van der Waals surface area contributed by atoms with Gasteiger partial charge in [0, 0.05) is 23.8 Å². The van der Waals surface area contributed by atoms with Crippen LogP contribution in [0.4, 0.5) is 10.1 Å². The zero-order chi connectivity index (χ0) is 14.7. The van der Waals surface area contributed by atoms with Crippen LogP contribution >= 0.6 is 0 Å². The first-order chi connectivity index (χ1) is 8.73. The quantitative estimate of drug-likeness (QED) is 0.869. The van der Waals surface area contributed by atoms with E-state index in [1.807, 2.05) is 6.07 Å². The Morgan fingerprint density at radius 2 is 1.74 bits per heavy atom. The van der Waals surface area contributed by atoms with E-state index in [1.165, 1.54) is 6.07 Å². The maximum atomic E-state index is 13.7. The van der Waals surface area contributed by atoms with E-state index in [1.54, 1.807) is 13.8 Å². The number of nitrogens with zero attached hydrogens (tertiary/aromatic N) is 1. The topological polar surface area (TPSA) is 23.5 Å². The van der Waals surface area contributed by atoms with Crippen LogP contribution in [-0.4, -0.2) is 17.7 Å². The fourth-order valence-electron chi connectivity index (χ4n) is 2.25. The van der Waals surface area contributed by atoms with Gasteiger partial charge in [-0.1, -0.05) is 13.8 Å². The third-order valence-electron chi connectivity index (χ3n) is 3.25. The molecule has 0 aliphatic heterocycles. The van der Waals surface area contributed by atoms with Gasteiger partial charge < -0.3 is 10.0 Å². The molecule has 0 aromatic heterocycles. The van der Waals surface area contributed by atoms with Crippen molar-refractivity contribution >= 4 is 5.69 Å². The molecule has 1 aromatic rings. The highest BCUT2D eigenvalue weighted by atomic mass is 19.1. The molecule has 2 nitrogen and oxygen atoms in total. The summed E-state index contributed by atoms with van der Waals surface area (Å²) in [6.45, 7) is 12.9. The van der Waals surface area contributed by atoms with Gasteiger partial charge in [-0.15, -0.1) is 0 Å². The van der Waals surface area contributed by atoms with Crippen molar-refractivity contribution in [3.05, 3.63) is 29.1 Å². The lowest BCUT2D eigenvalue weighted by molar-refractivity contribution is 0.199. The van der Waals surface area contributed by atoms with Crippen LogP contribution in [-0.2, 0) is 0 Å². The lowest BCUT2D eigenvalue weighted by atomic mass is 10.0. The van der Waals surface area contributed by atoms with Crippen LogP contribution in [0.1, 0.15) is 51.8 Å². The second-order valence-electron chi connectivity index (χ2n) is 5.98. The third-order valence-corrected chi connectivity index (χ3v) is 3.25. The molecule has 0 aliphatic rings. The molecule has 0 amide bonds. The van der Waals surface area contributed by atoms with Crippen LogP contribution in [0.3, 0.4) is 0 Å². The van der Waals surface area contributed by atoms with Gasteiger partial charge in [0.15, 0.2) is 0 Å². The standard InChI is InChI=1S/C16H26FNO/c1-10(2)9-18(11(3)4)16-7-12(5)15(17)8-14(16)13(6)19/h7-8,10-11,13,19H,9H2,1-6H3/t13-/m1/s1. The number of anilines is 1. The summed E-state index contributed by atoms with van der Waals surface area (Å²) in [5, 5.41) is 9.89. The highest BCUT2D eigenvalue weighted by Gasteiger charge is 2.19. The van der Waals surface area contributed by atoms with E-state index in [0.29, 0.717) is 23.1 Å². The first-order valence-corrected chi connectivity index (χ1v) is 6.98. The Balaban J connectivity index is 3.31. The van der Waals surface area contributed by atoms with Gasteiger partial charge in [0.25, 0.3) is 0 Å². The molecular weight excluding hydrogens is 241 g/mol. The third kappa shape index (κ3) is 3.93. The van der Waals surface area contributed by atoms with E-state index in [4.69, 9.17) is 0 Å². The highest BCUT2D eigenvalue weighted by molar-refractivity contribution is 5.57. The molecule has 3 heteroatoms. The van der Waals surface area contributed by atoms with Gasteiger partial charge in [0.1, 0.15) is 5.82 Å². The molecule has 0 saturated heterocycles. The van der Waals surface area contributed by atoms with Crippen molar-refractivity contribution in [2.45, 2.75) is 53.7 Å². The Morgan fingerprint density at radius 3 is 2.16 bits per heavy atom. The van der Waals surface area contributed by atoms with Gasteiger partial charge in [-0.25, -0.2) is 4.39 Å². The Labute approximate surface area is 116 Å². The monoisotopic (exact) mass is 267 g/mol. The molecule has 1 atom stereocenters. The van der Waals surface area contributed by atoms with Crippen molar-refractivity contribution in [2.24, 2.45) is 5.92 Å². The lowest BCUT2D eigenvalue weighted by Gasteiger charge is -2.33. The summed E-state index contributed by atoms with van der Waals surface area (Å²) in [6, 6.07) is 3.62. The van der Waals surface area contributed by atoms with E-state index in [0.717, 1.165) is 12.2 Å². The van der Waals surface area contributed by atoms with Gasteiger partial charge in [-0.3, -0.25) is 0 Å². The van der Waals surface area contributed by atoms with Crippen molar-refractivity contribution in [2.75, 3.05) is 11.4 Å². The molecule has 0 heterocycles. The number of hydrogen-bond donors (Lipinski definition) is 1. The molecule has 108 valence electrons. The minimum atomic E-state index is -0.668. The average molecular weight is 267 g/mol. The zero-order valence-electron chi connectivity index (χ0n) is 12.9. The molecule has 19 heavy (non-hydrogen) atoms. The number of benzene rings is 1. The fraction of sp³-hybridized carbons (Fsp3) is 0.625. The lowest BCUT2D eigenvalue weighted by Crippen LogP contribution is -2.35. The van der Waals surface area contributed by atoms with Crippen LogP contribution in [0, 0.1) is 18.7 Å². The Hall–Kier alpha value is -1.09. The van der Waals surface area contributed by atoms with Crippen molar-refractivity contribution in [1.82, 2.24) is 0 Å². The SMILES string of the molecule is Cc1cc(N(CC(C)C)C(C)C)c([C@@H](C)O)cc1F. The Morgan fingerprint density at radius 1 is 1.16 bits per heavy atom. The van der Waals surface area contributed by atoms with E-state index < -0.39 is 6.10 Å². The highest BCUT2D eigenvalue weighted by Crippen LogP contribution is 2.31. The van der Waals surface area contributed by atoms with Gasteiger partial charge >= 0.3 is 0 Å². The van der Waals surface area contributed by atoms with Gasteiger partial charge in [-0.05, 0) is 51.3 Å². The largest absolute Gasteiger partial charge is 0.389 e. The van der Waals surface area contributed by atoms with Gasteiger partial charge in [-0.2, -0.15) is 0 Å². The molecule has 1 aromatic carbocycles. The summed E-state index contributed by atoms with van der Waals surface area (Å²) in [4.78, 5) is 2.24. The van der Waals surface area contributed by atoms with Crippen molar-refractivity contribution in [3.63, 3.8) is 0 Å². The summed E-state index contributed by atoms with van der Waals surface area (Å²) in [5.74, 6) is 0.252. The van der Waals surface area contributed by atoms with Crippen molar-refractivity contribution < 1.29 is 9.50 Å². The van der Waals surface area contributed by atoms with Crippen LogP contribution in [0.2, 0.25) is 0 Å². The Kier molecular flexibility index (Phi) is 5.36. The predicted molar refractivity (Wildman–Crippen MR) is 79.1 cm³/mol. The number of rotatable bonds is 5. The van der Waals surface area contributed by atoms with E-state index in [-0.39, 0.29) is 5.82 Å². The van der Waals surface area contributed by atoms with Crippen LogP contribution in [0.15, 0.2) is 12.1 Å². The van der Waals surface area contributed by atoms with Crippen LogP contribution < -0.4 is 4.90 Å². The molecule has 0 bridgehead atoms. The first-order valence-electron chi connectivity index (χ1n) is 6.98. The zero-order valence-corrected chi connectivity index (χ0v) is 12.9. The number of aliphatic hydroxyl groups is 1. The van der Waals surface area contributed by atoms with Gasteiger partial charge in [0.05, 0.1) is 6.10 Å². The maximum Gasteiger partial charge on any atom is 0.126 e. The maximum absolute atomic E-state index is 13.7. The number of halogens is 1. The summed E-state index contributed by atoms with van der Waals surface area (Å²) in [6.07, 6.45) is -0.668. The number of hydrogen-bond acceptors (Lipinski definition) is 2. The van der Waals surface area contributed by atoms with Gasteiger partial charge in [0.2, 0.25) is 0 Å². The molecule has 1 N–H and O–H groups in total. The molecule has 0 fully saturated rings. The fourth-order valence-corrected chi connectivity index (χ4v) is 2.25. The van der Waals surface area contributed by atoms with Crippen molar-refractivity contribution in [1.29, 1.82) is 0 Å². The summed E-state index contributed by atoms with van der Waals surface area (Å²) in [7, 11) is 0. The molecule has 0 unspecified atom stereocenters. The summed E-state index contributed by atoms with van der Waals surface area (Å²) >= 11 is 0. The molecule has 0 saturated carbocycles. The van der Waals surface area contributed by atoms with E-state index in [9.17, 15) is 9.50 Å². The summed E-state index contributed by atoms with van der Waals surface area (Å²) < 4.78 is 13.7. The second kappa shape index (κ2) is 6.38. The molecule has 0 aliphatic carbocycles. The van der Waals surface area contributed by atoms with Crippen molar-refractivity contribution in [3.8, 4) is 0 Å². The van der Waals surface area contributed by atoms with E-state index >= 15 is 0 Å². The number of aliphatic hydroxyl groups excluding tert-OH is 1. The molecular formula is C16H26FNO. The molecule has 1 rings (SSSR count). The molecule has 0 spiro atoms. The summed E-state index contributed by atoms with van der Waals surface area (Å²) in [5.41, 5.74) is 2.23. The minimum Gasteiger partial charge on any atom is -0.389 e.